The van der Waals surface area contributed by atoms with Gasteiger partial charge in [-0.2, -0.15) is 11.8 Å². The van der Waals surface area contributed by atoms with Crippen LogP contribution in [0.1, 0.15) is 59.3 Å². The van der Waals surface area contributed by atoms with Crippen molar-refractivity contribution in [2.75, 3.05) is 18.1 Å². The molecule has 1 atom stereocenters. The van der Waals surface area contributed by atoms with Gasteiger partial charge in [0, 0.05) is 6.04 Å². The summed E-state index contributed by atoms with van der Waals surface area (Å²) in [6.45, 7) is 8.02. The molecule has 1 unspecified atom stereocenters. The second-order valence-electron chi connectivity index (χ2n) is 4.25. The van der Waals surface area contributed by atoms with Crippen LogP contribution in [0.15, 0.2) is 0 Å². The van der Waals surface area contributed by atoms with Crippen molar-refractivity contribution in [2.24, 2.45) is 0 Å². The molecule has 0 saturated heterocycles. The molecule has 0 aromatic rings. The Morgan fingerprint density at radius 3 is 2.47 bits per heavy atom. The van der Waals surface area contributed by atoms with Crippen molar-refractivity contribution in [1.29, 1.82) is 0 Å². The van der Waals surface area contributed by atoms with Crippen molar-refractivity contribution in [1.82, 2.24) is 5.32 Å². The van der Waals surface area contributed by atoms with Gasteiger partial charge in [-0.1, -0.05) is 39.5 Å². The van der Waals surface area contributed by atoms with Crippen molar-refractivity contribution in [3.63, 3.8) is 0 Å². The molecule has 92 valence electrons. The van der Waals surface area contributed by atoms with Gasteiger partial charge in [0.1, 0.15) is 0 Å². The van der Waals surface area contributed by atoms with E-state index >= 15 is 0 Å². The van der Waals surface area contributed by atoms with Gasteiger partial charge in [-0.25, -0.2) is 0 Å². The van der Waals surface area contributed by atoms with Gasteiger partial charge in [-0.15, -0.1) is 0 Å². The summed E-state index contributed by atoms with van der Waals surface area (Å²) in [6.07, 6.45) is 8.23. The Labute approximate surface area is 101 Å². The lowest BCUT2D eigenvalue weighted by Crippen LogP contribution is -2.27. The molecule has 0 aromatic carbocycles. The highest BCUT2D eigenvalue weighted by atomic mass is 32.2. The van der Waals surface area contributed by atoms with E-state index in [1.165, 1.54) is 56.6 Å². The van der Waals surface area contributed by atoms with Crippen LogP contribution < -0.4 is 5.32 Å². The smallest absolute Gasteiger partial charge is 0.00465 e. The Kier molecular flexibility index (Phi) is 12.6. The fourth-order valence-corrected chi connectivity index (χ4v) is 2.39. The van der Waals surface area contributed by atoms with Crippen LogP contribution in [0.4, 0.5) is 0 Å². The average Bonchev–Trinajstić information content (AvgIpc) is 2.23. The van der Waals surface area contributed by atoms with Gasteiger partial charge in [0.2, 0.25) is 0 Å². The first kappa shape index (κ1) is 15.3. The molecule has 15 heavy (non-hydrogen) atoms. The lowest BCUT2D eigenvalue weighted by atomic mass is 10.1. The van der Waals surface area contributed by atoms with Crippen LogP contribution in [0.25, 0.3) is 0 Å². The van der Waals surface area contributed by atoms with Crippen molar-refractivity contribution in [2.45, 2.75) is 65.3 Å². The zero-order chi connectivity index (χ0) is 11.4. The topological polar surface area (TPSA) is 12.0 Å². The Bertz CT molecular complexity index is 117. The summed E-state index contributed by atoms with van der Waals surface area (Å²) in [6, 6.07) is 0.704. The van der Waals surface area contributed by atoms with E-state index in [4.69, 9.17) is 0 Å². The first-order valence-electron chi connectivity index (χ1n) is 6.62. The van der Waals surface area contributed by atoms with Crippen molar-refractivity contribution >= 4 is 11.8 Å². The second kappa shape index (κ2) is 12.4. The van der Waals surface area contributed by atoms with Crippen LogP contribution in [-0.2, 0) is 0 Å². The van der Waals surface area contributed by atoms with Gasteiger partial charge in [0.15, 0.2) is 0 Å². The number of rotatable bonds is 11. The first-order valence-corrected chi connectivity index (χ1v) is 7.77. The van der Waals surface area contributed by atoms with E-state index in [9.17, 15) is 0 Å². The molecule has 0 radical (unpaired) electrons. The monoisotopic (exact) mass is 231 g/mol. The van der Waals surface area contributed by atoms with E-state index in [0.29, 0.717) is 6.04 Å². The molecule has 0 bridgehead atoms. The third-order valence-corrected chi connectivity index (χ3v) is 3.61. The minimum absolute atomic E-state index is 0.704. The third kappa shape index (κ3) is 12.2. The molecular weight excluding hydrogens is 202 g/mol. The maximum atomic E-state index is 3.61. The van der Waals surface area contributed by atoms with Crippen LogP contribution >= 0.6 is 11.8 Å². The van der Waals surface area contributed by atoms with Gasteiger partial charge in [0.05, 0.1) is 0 Å². The van der Waals surface area contributed by atoms with Gasteiger partial charge < -0.3 is 5.32 Å². The molecule has 0 saturated carbocycles. The molecule has 0 aliphatic heterocycles. The van der Waals surface area contributed by atoms with Crippen molar-refractivity contribution < 1.29 is 0 Å². The molecule has 0 heterocycles. The summed E-state index contributed by atoms with van der Waals surface area (Å²) in [7, 11) is 0. The number of hydrogen-bond donors (Lipinski definition) is 1. The van der Waals surface area contributed by atoms with Crippen LogP contribution in [0.2, 0.25) is 0 Å². The number of unbranched alkanes of at least 4 members (excludes halogenated alkanes) is 4. The van der Waals surface area contributed by atoms with Gasteiger partial charge in [0.25, 0.3) is 0 Å². The quantitative estimate of drug-likeness (QED) is 0.538. The SMILES string of the molecule is CCCCCCCNC(C)CCSCC. The minimum atomic E-state index is 0.704. The predicted molar refractivity (Wildman–Crippen MR) is 73.8 cm³/mol. The standard InChI is InChI=1S/C13H29NS/c1-4-6-7-8-9-11-14-13(3)10-12-15-5-2/h13-14H,4-12H2,1-3H3. The van der Waals surface area contributed by atoms with E-state index in [2.05, 4.69) is 26.1 Å². The van der Waals surface area contributed by atoms with E-state index in [0.717, 1.165) is 0 Å². The van der Waals surface area contributed by atoms with Crippen molar-refractivity contribution in [3.05, 3.63) is 0 Å². The van der Waals surface area contributed by atoms with Gasteiger partial charge in [-0.05, 0) is 37.8 Å². The molecule has 0 spiro atoms. The van der Waals surface area contributed by atoms with Crippen LogP contribution in [-0.4, -0.2) is 24.1 Å². The lowest BCUT2D eigenvalue weighted by Gasteiger charge is -2.13. The van der Waals surface area contributed by atoms with Crippen LogP contribution in [0.5, 0.6) is 0 Å². The normalized spacial score (nSPS) is 13.0. The number of nitrogens with one attached hydrogen (secondary N) is 1. The molecule has 1 nitrogen and oxygen atoms in total. The number of hydrogen-bond acceptors (Lipinski definition) is 2. The summed E-state index contributed by atoms with van der Waals surface area (Å²) >= 11 is 2.05. The highest BCUT2D eigenvalue weighted by Crippen LogP contribution is 2.05. The Morgan fingerprint density at radius 1 is 1.07 bits per heavy atom. The second-order valence-corrected chi connectivity index (χ2v) is 5.65. The summed E-state index contributed by atoms with van der Waals surface area (Å²) < 4.78 is 0. The van der Waals surface area contributed by atoms with E-state index in [1.807, 2.05) is 11.8 Å². The fraction of sp³-hybridized carbons (Fsp3) is 1.00. The maximum absolute atomic E-state index is 3.61. The molecule has 0 amide bonds. The molecule has 0 aliphatic carbocycles. The Morgan fingerprint density at radius 2 is 1.80 bits per heavy atom. The molecule has 0 aromatic heterocycles. The summed E-state index contributed by atoms with van der Waals surface area (Å²) in [5.74, 6) is 2.56. The fourth-order valence-electron chi connectivity index (χ4n) is 1.58. The zero-order valence-electron chi connectivity index (χ0n) is 10.8. The highest BCUT2D eigenvalue weighted by Gasteiger charge is 1.99. The highest BCUT2D eigenvalue weighted by molar-refractivity contribution is 7.99. The Balaban J connectivity index is 3.06. The minimum Gasteiger partial charge on any atom is -0.314 e. The first-order chi connectivity index (χ1) is 7.31. The van der Waals surface area contributed by atoms with Crippen LogP contribution in [0.3, 0.4) is 0 Å². The summed E-state index contributed by atoms with van der Waals surface area (Å²) in [4.78, 5) is 0. The Hall–Kier alpha value is 0.310. The number of thioether (sulfide) groups is 1. The molecular formula is C13H29NS. The van der Waals surface area contributed by atoms with Gasteiger partial charge >= 0.3 is 0 Å². The zero-order valence-corrected chi connectivity index (χ0v) is 11.7. The summed E-state index contributed by atoms with van der Waals surface area (Å²) in [5.41, 5.74) is 0. The summed E-state index contributed by atoms with van der Waals surface area (Å²) in [5, 5.41) is 3.61. The van der Waals surface area contributed by atoms with Gasteiger partial charge in [-0.3, -0.25) is 0 Å². The molecule has 1 N–H and O–H groups in total. The maximum Gasteiger partial charge on any atom is 0.00465 e. The largest absolute Gasteiger partial charge is 0.314 e. The molecule has 0 fully saturated rings. The van der Waals surface area contributed by atoms with E-state index in [-0.39, 0.29) is 0 Å². The van der Waals surface area contributed by atoms with E-state index < -0.39 is 0 Å². The lowest BCUT2D eigenvalue weighted by molar-refractivity contribution is 0.509. The van der Waals surface area contributed by atoms with Crippen molar-refractivity contribution in [3.8, 4) is 0 Å². The van der Waals surface area contributed by atoms with Crippen LogP contribution in [0, 0.1) is 0 Å². The molecule has 2 heteroatoms. The molecule has 0 rings (SSSR count). The average molecular weight is 231 g/mol. The predicted octanol–water partition coefficient (Wildman–Crippen LogP) is 4.08. The molecule has 0 aliphatic rings. The third-order valence-electron chi connectivity index (χ3n) is 2.67. The van der Waals surface area contributed by atoms with E-state index in [1.54, 1.807) is 0 Å².